The molecule has 2 heterocycles. The number of carbonyl (C=O) groups excluding carboxylic acids is 1. The van der Waals surface area contributed by atoms with Crippen LogP contribution in [-0.4, -0.2) is 18.0 Å². The Morgan fingerprint density at radius 3 is 2.54 bits per heavy atom. The minimum Gasteiger partial charge on any atom is -0.497 e. The Hall–Kier alpha value is -3.71. The van der Waals surface area contributed by atoms with E-state index in [0.717, 1.165) is 33.8 Å². The lowest BCUT2D eigenvalue weighted by Crippen LogP contribution is -2.19. The number of hydrogen-bond acceptors (Lipinski definition) is 2. The van der Waals surface area contributed by atoms with E-state index in [-0.39, 0.29) is 5.91 Å². The molecular weight excluding hydrogens is 324 g/mol. The molecule has 1 N–H and O–H groups in total. The third-order valence-electron chi connectivity index (χ3n) is 4.44. The minimum atomic E-state index is -0.191. The molecule has 1 aliphatic heterocycles. The SMILES string of the molecule is C#CN1C(=O)/C(=C\c2ccc[nH]2)c2cc(-c3ccc(OC)cc3)ccc21. The molecule has 0 fully saturated rings. The van der Waals surface area contributed by atoms with Crippen molar-refractivity contribution in [3.05, 3.63) is 72.1 Å². The number of aromatic amines is 1. The number of terminal acetylenes is 1. The number of H-pyrrole nitrogens is 1. The third kappa shape index (κ3) is 2.56. The summed E-state index contributed by atoms with van der Waals surface area (Å²) in [5, 5.41) is 0. The summed E-state index contributed by atoms with van der Waals surface area (Å²) >= 11 is 0. The highest BCUT2D eigenvalue weighted by molar-refractivity contribution is 6.37. The van der Waals surface area contributed by atoms with Crippen LogP contribution in [0.15, 0.2) is 60.8 Å². The van der Waals surface area contributed by atoms with Crippen molar-refractivity contribution in [1.29, 1.82) is 0 Å². The van der Waals surface area contributed by atoms with E-state index in [2.05, 4.69) is 11.0 Å². The highest BCUT2D eigenvalue weighted by atomic mass is 16.5. The van der Waals surface area contributed by atoms with Crippen LogP contribution in [0.4, 0.5) is 5.69 Å². The van der Waals surface area contributed by atoms with Gasteiger partial charge in [-0.1, -0.05) is 24.6 Å². The van der Waals surface area contributed by atoms with Gasteiger partial charge >= 0.3 is 0 Å². The summed E-state index contributed by atoms with van der Waals surface area (Å²) in [4.78, 5) is 17.2. The maximum Gasteiger partial charge on any atom is 0.270 e. The van der Waals surface area contributed by atoms with E-state index >= 15 is 0 Å². The molecule has 4 nitrogen and oxygen atoms in total. The number of nitrogens with zero attached hydrogens (tertiary/aromatic N) is 1. The van der Waals surface area contributed by atoms with Gasteiger partial charge in [0.1, 0.15) is 5.75 Å². The quantitative estimate of drug-likeness (QED) is 0.574. The van der Waals surface area contributed by atoms with Gasteiger partial charge in [-0.15, -0.1) is 0 Å². The van der Waals surface area contributed by atoms with Crippen molar-refractivity contribution in [2.45, 2.75) is 0 Å². The van der Waals surface area contributed by atoms with Crippen molar-refractivity contribution in [2.75, 3.05) is 12.0 Å². The number of ether oxygens (including phenoxy) is 1. The van der Waals surface area contributed by atoms with Gasteiger partial charge < -0.3 is 9.72 Å². The number of methoxy groups -OCH3 is 1. The fraction of sp³-hybridized carbons (Fsp3) is 0.0455. The van der Waals surface area contributed by atoms with Crippen molar-refractivity contribution in [3.8, 4) is 29.3 Å². The fourth-order valence-electron chi connectivity index (χ4n) is 3.11. The molecule has 0 saturated carbocycles. The van der Waals surface area contributed by atoms with Gasteiger partial charge in [0.25, 0.3) is 5.91 Å². The molecule has 1 aromatic heterocycles. The van der Waals surface area contributed by atoms with Gasteiger partial charge in [0.05, 0.1) is 18.4 Å². The zero-order valence-corrected chi connectivity index (χ0v) is 14.2. The van der Waals surface area contributed by atoms with Crippen LogP contribution in [0.1, 0.15) is 11.3 Å². The Balaban J connectivity index is 1.83. The van der Waals surface area contributed by atoms with Crippen molar-refractivity contribution in [1.82, 2.24) is 4.98 Å². The molecular formula is C22H16N2O2. The summed E-state index contributed by atoms with van der Waals surface area (Å²) in [5.74, 6) is 0.611. The zero-order valence-electron chi connectivity index (χ0n) is 14.2. The lowest BCUT2D eigenvalue weighted by molar-refractivity contribution is -0.112. The summed E-state index contributed by atoms with van der Waals surface area (Å²) in [6, 6.07) is 19.9. The molecule has 0 atom stereocenters. The number of amides is 1. The largest absolute Gasteiger partial charge is 0.497 e. The number of carbonyl (C=O) groups is 1. The van der Waals surface area contributed by atoms with Crippen LogP contribution in [-0.2, 0) is 4.79 Å². The standard InChI is InChI=1S/C22H16N2O2/c1-3-24-21-11-8-16(15-6-9-18(26-2)10-7-15)13-19(21)20(22(24)25)14-17-5-4-12-23-17/h1,4-14,23H,2H3/b20-14-. The molecule has 1 aliphatic rings. The topological polar surface area (TPSA) is 45.3 Å². The summed E-state index contributed by atoms with van der Waals surface area (Å²) in [7, 11) is 1.64. The van der Waals surface area contributed by atoms with Crippen molar-refractivity contribution < 1.29 is 9.53 Å². The van der Waals surface area contributed by atoms with Gasteiger partial charge in [-0.2, -0.15) is 0 Å². The second-order valence-corrected chi connectivity index (χ2v) is 5.91. The van der Waals surface area contributed by atoms with Crippen LogP contribution < -0.4 is 9.64 Å². The van der Waals surface area contributed by atoms with E-state index in [9.17, 15) is 4.79 Å². The van der Waals surface area contributed by atoms with Crippen LogP contribution in [0.3, 0.4) is 0 Å². The third-order valence-corrected chi connectivity index (χ3v) is 4.44. The Labute approximate surface area is 151 Å². The lowest BCUT2D eigenvalue weighted by Gasteiger charge is -2.09. The van der Waals surface area contributed by atoms with E-state index in [1.807, 2.05) is 66.9 Å². The molecule has 126 valence electrons. The Kier molecular flexibility index (Phi) is 3.83. The average molecular weight is 340 g/mol. The van der Waals surface area contributed by atoms with Gasteiger partial charge in [0.15, 0.2) is 0 Å². The number of fused-ring (bicyclic) bond motifs is 1. The molecule has 2 aromatic carbocycles. The number of anilines is 1. The van der Waals surface area contributed by atoms with Crippen LogP contribution >= 0.6 is 0 Å². The first-order valence-corrected chi connectivity index (χ1v) is 8.16. The summed E-state index contributed by atoms with van der Waals surface area (Å²) in [6.45, 7) is 0. The Morgan fingerprint density at radius 2 is 1.88 bits per heavy atom. The molecule has 4 heteroatoms. The number of nitrogens with one attached hydrogen (secondary N) is 1. The maximum absolute atomic E-state index is 12.7. The van der Waals surface area contributed by atoms with Crippen molar-refractivity contribution in [3.63, 3.8) is 0 Å². The summed E-state index contributed by atoms with van der Waals surface area (Å²) in [5.41, 5.74) is 5.04. The van der Waals surface area contributed by atoms with E-state index in [0.29, 0.717) is 5.57 Å². The van der Waals surface area contributed by atoms with Gasteiger partial charge in [0, 0.05) is 23.5 Å². The van der Waals surface area contributed by atoms with Gasteiger partial charge in [-0.3, -0.25) is 4.79 Å². The number of rotatable bonds is 3. The first-order chi connectivity index (χ1) is 12.7. The number of aromatic nitrogens is 1. The highest BCUT2D eigenvalue weighted by Gasteiger charge is 2.32. The van der Waals surface area contributed by atoms with Gasteiger partial charge in [-0.25, -0.2) is 4.90 Å². The second kappa shape index (κ2) is 6.30. The average Bonchev–Trinajstić information content (AvgIpc) is 3.28. The van der Waals surface area contributed by atoms with Crippen LogP contribution in [0.5, 0.6) is 5.75 Å². The van der Waals surface area contributed by atoms with Gasteiger partial charge in [0.2, 0.25) is 0 Å². The first kappa shape index (κ1) is 15.8. The van der Waals surface area contributed by atoms with Crippen LogP contribution in [0.2, 0.25) is 0 Å². The summed E-state index contributed by atoms with van der Waals surface area (Å²) in [6.07, 6.45) is 9.21. The monoisotopic (exact) mass is 340 g/mol. The molecule has 0 saturated heterocycles. The molecule has 3 aromatic rings. The van der Waals surface area contributed by atoms with E-state index in [1.54, 1.807) is 7.11 Å². The molecule has 0 unspecified atom stereocenters. The Bertz CT molecular complexity index is 1040. The van der Waals surface area contributed by atoms with Crippen molar-refractivity contribution in [2.24, 2.45) is 0 Å². The van der Waals surface area contributed by atoms with E-state index < -0.39 is 0 Å². The number of hydrogen-bond donors (Lipinski definition) is 1. The molecule has 0 radical (unpaired) electrons. The number of benzene rings is 2. The molecule has 0 aliphatic carbocycles. The predicted molar refractivity (Wildman–Crippen MR) is 103 cm³/mol. The minimum absolute atomic E-state index is 0.191. The Morgan fingerprint density at radius 1 is 1.12 bits per heavy atom. The fourth-order valence-corrected chi connectivity index (χ4v) is 3.11. The van der Waals surface area contributed by atoms with Crippen LogP contribution in [0.25, 0.3) is 22.8 Å². The van der Waals surface area contributed by atoms with Gasteiger partial charge in [-0.05, 0) is 53.6 Å². The molecule has 26 heavy (non-hydrogen) atoms. The highest BCUT2D eigenvalue weighted by Crippen LogP contribution is 2.39. The lowest BCUT2D eigenvalue weighted by atomic mass is 9.99. The van der Waals surface area contributed by atoms with Crippen LogP contribution in [0, 0.1) is 12.5 Å². The smallest absolute Gasteiger partial charge is 0.270 e. The van der Waals surface area contributed by atoms with E-state index in [4.69, 9.17) is 11.2 Å². The normalized spacial score (nSPS) is 14.4. The molecule has 0 bridgehead atoms. The summed E-state index contributed by atoms with van der Waals surface area (Å²) < 4.78 is 5.21. The predicted octanol–water partition coefficient (Wildman–Crippen LogP) is 4.17. The zero-order chi connectivity index (χ0) is 18.1. The maximum atomic E-state index is 12.7. The van der Waals surface area contributed by atoms with Crippen molar-refractivity contribution >= 4 is 23.2 Å². The molecule has 0 spiro atoms. The molecule has 4 rings (SSSR count). The van der Waals surface area contributed by atoms with E-state index in [1.165, 1.54) is 4.90 Å². The molecule has 1 amide bonds. The first-order valence-electron chi connectivity index (χ1n) is 8.16. The second-order valence-electron chi connectivity index (χ2n) is 5.91.